The molecule has 0 saturated carbocycles. The number of benzene rings is 1. The molecule has 1 fully saturated rings. The predicted octanol–water partition coefficient (Wildman–Crippen LogP) is 1.26. The normalized spacial score (nSPS) is 18.0. The molecule has 0 spiro atoms. The van der Waals surface area contributed by atoms with E-state index in [4.69, 9.17) is 4.74 Å². The van der Waals surface area contributed by atoms with E-state index in [0.29, 0.717) is 39.3 Å². The highest BCUT2D eigenvalue weighted by atomic mass is 16.5. The van der Waals surface area contributed by atoms with E-state index in [1.165, 1.54) is 5.56 Å². The lowest BCUT2D eigenvalue weighted by Crippen LogP contribution is -2.43. The molecule has 22 heavy (non-hydrogen) atoms. The smallest absolute Gasteiger partial charge is 0.224 e. The van der Waals surface area contributed by atoms with Gasteiger partial charge in [0.1, 0.15) is 0 Å². The number of rotatable bonds is 6. The van der Waals surface area contributed by atoms with E-state index in [-0.39, 0.29) is 11.9 Å². The summed E-state index contributed by atoms with van der Waals surface area (Å²) >= 11 is 0. The van der Waals surface area contributed by atoms with Crippen LogP contribution in [0.4, 0.5) is 0 Å². The maximum absolute atomic E-state index is 12.1. The summed E-state index contributed by atoms with van der Waals surface area (Å²) in [4.78, 5) is 14.0. The first-order valence-corrected chi connectivity index (χ1v) is 7.90. The molecule has 2 unspecified atom stereocenters. The van der Waals surface area contributed by atoms with Gasteiger partial charge in [0.15, 0.2) is 0 Å². The molecule has 1 saturated heterocycles. The number of morpholine rings is 1. The van der Waals surface area contributed by atoms with Gasteiger partial charge in [-0.2, -0.15) is 0 Å². The molecule has 1 amide bonds. The molecule has 1 aliphatic heterocycles. The zero-order valence-electron chi connectivity index (χ0n) is 13.4. The third-order valence-corrected chi connectivity index (χ3v) is 3.97. The highest BCUT2D eigenvalue weighted by Crippen LogP contribution is 2.13. The van der Waals surface area contributed by atoms with Crippen LogP contribution in [0.3, 0.4) is 0 Å². The molecular formula is C17H26N2O3. The molecule has 1 aliphatic rings. The molecule has 122 valence electrons. The van der Waals surface area contributed by atoms with Gasteiger partial charge < -0.3 is 20.1 Å². The highest BCUT2D eigenvalue weighted by Gasteiger charge is 2.19. The fourth-order valence-corrected chi connectivity index (χ4v) is 2.50. The maximum atomic E-state index is 12.1. The van der Waals surface area contributed by atoms with Crippen LogP contribution in [0.2, 0.25) is 0 Å². The van der Waals surface area contributed by atoms with Gasteiger partial charge in [0.05, 0.1) is 19.3 Å². The van der Waals surface area contributed by atoms with Crippen LogP contribution in [0, 0.1) is 6.92 Å². The number of aryl methyl sites for hydroxylation is 1. The number of ether oxygens (including phenoxy) is 1. The van der Waals surface area contributed by atoms with Crippen LogP contribution in [0.1, 0.15) is 30.6 Å². The molecule has 0 radical (unpaired) electrons. The third kappa shape index (κ3) is 5.09. The number of nitrogens with zero attached hydrogens (tertiary/aromatic N) is 1. The molecule has 1 aromatic rings. The first-order valence-electron chi connectivity index (χ1n) is 7.90. The van der Waals surface area contributed by atoms with Crippen molar-refractivity contribution in [2.45, 2.75) is 32.4 Å². The minimum Gasteiger partial charge on any atom is -0.387 e. The Morgan fingerprint density at radius 2 is 1.95 bits per heavy atom. The Bertz CT molecular complexity index is 469. The Balaban J connectivity index is 1.73. The Morgan fingerprint density at radius 3 is 2.59 bits per heavy atom. The summed E-state index contributed by atoms with van der Waals surface area (Å²) in [5.41, 5.74) is 2.07. The van der Waals surface area contributed by atoms with Crippen molar-refractivity contribution in [1.29, 1.82) is 0 Å². The number of aliphatic hydroxyl groups excluding tert-OH is 1. The van der Waals surface area contributed by atoms with Crippen LogP contribution in [0.15, 0.2) is 24.3 Å². The van der Waals surface area contributed by atoms with Crippen molar-refractivity contribution in [3.63, 3.8) is 0 Å². The summed E-state index contributed by atoms with van der Waals surface area (Å²) in [6, 6.07) is 7.89. The van der Waals surface area contributed by atoms with Gasteiger partial charge in [0.25, 0.3) is 0 Å². The molecule has 2 N–H and O–H groups in total. The number of carbonyl (C=O) groups excluding carboxylic acids is 1. The van der Waals surface area contributed by atoms with Gasteiger partial charge in [0, 0.05) is 32.1 Å². The van der Waals surface area contributed by atoms with Crippen LogP contribution in [0.25, 0.3) is 0 Å². The van der Waals surface area contributed by atoms with Gasteiger partial charge in [-0.15, -0.1) is 0 Å². The summed E-state index contributed by atoms with van der Waals surface area (Å²) < 4.78 is 5.25. The van der Waals surface area contributed by atoms with Crippen LogP contribution < -0.4 is 5.32 Å². The van der Waals surface area contributed by atoms with Crippen LogP contribution in [-0.4, -0.2) is 54.8 Å². The quantitative estimate of drug-likeness (QED) is 0.830. The van der Waals surface area contributed by atoms with Gasteiger partial charge in [-0.05, 0) is 19.4 Å². The molecule has 0 bridgehead atoms. The molecule has 1 heterocycles. The van der Waals surface area contributed by atoms with Crippen molar-refractivity contribution in [1.82, 2.24) is 10.2 Å². The largest absolute Gasteiger partial charge is 0.387 e. The van der Waals surface area contributed by atoms with Crippen molar-refractivity contribution >= 4 is 5.91 Å². The number of hydrogen-bond donors (Lipinski definition) is 2. The summed E-state index contributed by atoms with van der Waals surface area (Å²) in [6.07, 6.45) is -0.109. The number of hydrogen-bond acceptors (Lipinski definition) is 4. The summed E-state index contributed by atoms with van der Waals surface area (Å²) in [5.74, 6) is 0.146. The molecule has 5 nitrogen and oxygen atoms in total. The van der Waals surface area contributed by atoms with Crippen molar-refractivity contribution in [3.05, 3.63) is 35.4 Å². The summed E-state index contributed by atoms with van der Waals surface area (Å²) in [6.45, 7) is 7.04. The van der Waals surface area contributed by atoms with E-state index < -0.39 is 6.10 Å². The average Bonchev–Trinajstić information content (AvgIpc) is 2.54. The van der Waals surface area contributed by atoms with E-state index in [1.54, 1.807) is 0 Å². The zero-order valence-corrected chi connectivity index (χ0v) is 13.4. The second-order valence-electron chi connectivity index (χ2n) is 5.93. The van der Waals surface area contributed by atoms with Gasteiger partial charge in [-0.25, -0.2) is 0 Å². The lowest BCUT2D eigenvalue weighted by Gasteiger charge is -2.28. The molecule has 5 heteroatoms. The Labute approximate surface area is 132 Å². The minimum atomic E-state index is -0.554. The predicted molar refractivity (Wildman–Crippen MR) is 85.6 cm³/mol. The lowest BCUT2D eigenvalue weighted by atomic mass is 10.1. The lowest BCUT2D eigenvalue weighted by molar-refractivity contribution is -0.135. The number of carbonyl (C=O) groups is 1. The molecule has 0 aromatic heterocycles. The number of aliphatic hydroxyl groups is 1. The van der Waals surface area contributed by atoms with Crippen LogP contribution in [0.5, 0.6) is 0 Å². The Kier molecular flexibility index (Phi) is 6.36. The van der Waals surface area contributed by atoms with Crippen molar-refractivity contribution in [2.24, 2.45) is 0 Å². The minimum absolute atomic E-state index is 0.0374. The Morgan fingerprint density at radius 1 is 1.32 bits per heavy atom. The summed E-state index contributed by atoms with van der Waals surface area (Å²) in [7, 11) is 0. The summed E-state index contributed by atoms with van der Waals surface area (Å²) in [5, 5.41) is 13.4. The highest BCUT2D eigenvalue weighted by molar-refractivity contribution is 5.76. The zero-order chi connectivity index (χ0) is 15.9. The van der Waals surface area contributed by atoms with E-state index >= 15 is 0 Å². The topological polar surface area (TPSA) is 61.8 Å². The standard InChI is InChI=1S/C17H26N2O3/c1-13-3-5-15(6-4-13)16(20)12-18-14(2)11-17(21)19-7-9-22-10-8-19/h3-6,14,16,18,20H,7-12H2,1-2H3. The fourth-order valence-electron chi connectivity index (χ4n) is 2.50. The van der Waals surface area contributed by atoms with E-state index in [9.17, 15) is 9.90 Å². The molecule has 1 aromatic carbocycles. The molecule has 2 atom stereocenters. The third-order valence-electron chi connectivity index (χ3n) is 3.97. The molecule has 2 rings (SSSR count). The number of nitrogens with one attached hydrogen (secondary N) is 1. The van der Waals surface area contributed by atoms with Crippen molar-refractivity contribution < 1.29 is 14.6 Å². The van der Waals surface area contributed by atoms with Gasteiger partial charge in [0.2, 0.25) is 5.91 Å². The van der Waals surface area contributed by atoms with Crippen LogP contribution in [-0.2, 0) is 9.53 Å². The SMILES string of the molecule is Cc1ccc(C(O)CNC(C)CC(=O)N2CCOCC2)cc1. The average molecular weight is 306 g/mol. The monoisotopic (exact) mass is 306 g/mol. The maximum Gasteiger partial charge on any atom is 0.224 e. The molecular weight excluding hydrogens is 280 g/mol. The second-order valence-corrected chi connectivity index (χ2v) is 5.93. The van der Waals surface area contributed by atoms with E-state index in [0.717, 1.165) is 5.56 Å². The first kappa shape index (κ1) is 16.9. The van der Waals surface area contributed by atoms with E-state index in [1.807, 2.05) is 43.0 Å². The fraction of sp³-hybridized carbons (Fsp3) is 0.588. The van der Waals surface area contributed by atoms with Gasteiger partial charge in [-0.1, -0.05) is 29.8 Å². The van der Waals surface area contributed by atoms with Gasteiger partial charge >= 0.3 is 0 Å². The second kappa shape index (κ2) is 8.27. The van der Waals surface area contributed by atoms with Crippen molar-refractivity contribution in [2.75, 3.05) is 32.8 Å². The van der Waals surface area contributed by atoms with Gasteiger partial charge in [-0.3, -0.25) is 4.79 Å². The Hall–Kier alpha value is -1.43. The van der Waals surface area contributed by atoms with E-state index in [2.05, 4.69) is 5.32 Å². The van der Waals surface area contributed by atoms with Crippen LogP contribution >= 0.6 is 0 Å². The molecule has 0 aliphatic carbocycles. The first-order chi connectivity index (χ1) is 10.6. The number of amides is 1. The van der Waals surface area contributed by atoms with Crippen molar-refractivity contribution in [3.8, 4) is 0 Å².